The number of thiocarbonyl (C=S) groups is 1. The van der Waals surface area contributed by atoms with Crippen molar-refractivity contribution in [1.29, 1.82) is 0 Å². The van der Waals surface area contributed by atoms with Crippen LogP contribution in [0.4, 0.5) is 11.8 Å². The molecule has 8 nitrogen and oxygen atoms in total. The lowest BCUT2D eigenvalue weighted by molar-refractivity contribution is 0.0389. The van der Waals surface area contributed by atoms with Crippen molar-refractivity contribution in [2.45, 2.75) is 63.5 Å². The number of morpholine rings is 1. The Morgan fingerprint density at radius 2 is 1.78 bits per heavy atom. The van der Waals surface area contributed by atoms with E-state index in [-0.39, 0.29) is 0 Å². The summed E-state index contributed by atoms with van der Waals surface area (Å²) >= 11 is 5.53. The van der Waals surface area contributed by atoms with E-state index >= 15 is 0 Å². The normalized spacial score (nSPS) is 23.8. The molecule has 0 spiro atoms. The fourth-order valence-corrected chi connectivity index (χ4v) is 5.23. The Morgan fingerprint density at radius 1 is 1.06 bits per heavy atom. The highest BCUT2D eigenvalue weighted by Gasteiger charge is 2.24. The van der Waals surface area contributed by atoms with Gasteiger partial charge in [-0.15, -0.1) is 0 Å². The first-order valence-corrected chi connectivity index (χ1v) is 12.7. The highest BCUT2D eigenvalue weighted by atomic mass is 32.1. The van der Waals surface area contributed by atoms with Gasteiger partial charge in [-0.2, -0.15) is 4.98 Å². The summed E-state index contributed by atoms with van der Waals surface area (Å²) in [6, 6.07) is 0.866. The van der Waals surface area contributed by atoms with E-state index in [9.17, 15) is 0 Å². The maximum Gasteiger partial charge on any atom is 0.225 e. The van der Waals surface area contributed by atoms with Crippen LogP contribution in [0.3, 0.4) is 0 Å². The average Bonchev–Trinajstić information content (AvgIpc) is 2.80. The van der Waals surface area contributed by atoms with E-state index < -0.39 is 0 Å². The van der Waals surface area contributed by atoms with E-state index in [0.717, 1.165) is 94.8 Å². The predicted octanol–water partition coefficient (Wildman–Crippen LogP) is 1.94. The van der Waals surface area contributed by atoms with Crippen molar-refractivity contribution in [2.24, 2.45) is 0 Å². The highest BCUT2D eigenvalue weighted by Crippen LogP contribution is 2.29. The Hall–Kier alpha value is -1.71. The molecule has 0 amide bonds. The standard InChI is InChI=1S/C23H39N7OS/c1-29(2)21-19-5-3-4-6-20(19)27-22(28-21)25-17-7-9-18(10-8-17)26-23(32)24-11-12-30-13-15-31-16-14-30/h17-18H,3-16H2,1-2H3,(H2,24,26,32)(H,25,27,28)/t17-,18+. The van der Waals surface area contributed by atoms with Gasteiger partial charge in [0.25, 0.3) is 0 Å². The lowest BCUT2D eigenvalue weighted by Gasteiger charge is -2.31. The van der Waals surface area contributed by atoms with Crippen molar-refractivity contribution in [3.63, 3.8) is 0 Å². The second-order valence-corrected chi connectivity index (χ2v) is 9.85. The van der Waals surface area contributed by atoms with Gasteiger partial charge >= 0.3 is 0 Å². The van der Waals surface area contributed by atoms with Crippen LogP contribution in [0.1, 0.15) is 49.8 Å². The first-order valence-electron chi connectivity index (χ1n) is 12.3. The number of hydrogen-bond donors (Lipinski definition) is 3. The average molecular weight is 462 g/mol. The van der Waals surface area contributed by atoms with E-state index in [1.807, 2.05) is 0 Å². The number of ether oxygens (including phenoxy) is 1. The van der Waals surface area contributed by atoms with Crippen molar-refractivity contribution in [3.8, 4) is 0 Å². The van der Waals surface area contributed by atoms with Crippen LogP contribution in [0.15, 0.2) is 0 Å². The third kappa shape index (κ3) is 6.42. The van der Waals surface area contributed by atoms with Crippen LogP contribution in [0.25, 0.3) is 0 Å². The minimum Gasteiger partial charge on any atom is -0.379 e. The Bertz CT molecular complexity index is 761. The molecule has 0 radical (unpaired) electrons. The van der Waals surface area contributed by atoms with Gasteiger partial charge in [0.2, 0.25) is 5.95 Å². The quantitative estimate of drug-likeness (QED) is 0.528. The van der Waals surface area contributed by atoms with E-state index in [4.69, 9.17) is 26.9 Å². The number of fused-ring (bicyclic) bond motifs is 1. The first kappa shape index (κ1) is 23.4. The van der Waals surface area contributed by atoms with Gasteiger partial charge in [0.05, 0.1) is 18.9 Å². The number of rotatable bonds is 7. The van der Waals surface area contributed by atoms with Crippen molar-refractivity contribution >= 4 is 29.1 Å². The van der Waals surface area contributed by atoms with Gasteiger partial charge < -0.3 is 25.6 Å². The molecule has 2 heterocycles. The van der Waals surface area contributed by atoms with Gasteiger partial charge in [-0.05, 0) is 63.6 Å². The highest BCUT2D eigenvalue weighted by molar-refractivity contribution is 7.80. The number of aryl methyl sites for hydroxylation is 1. The summed E-state index contributed by atoms with van der Waals surface area (Å²) in [5.41, 5.74) is 2.58. The largest absolute Gasteiger partial charge is 0.379 e. The fraction of sp³-hybridized carbons (Fsp3) is 0.783. The molecule has 2 aliphatic carbocycles. The minimum absolute atomic E-state index is 0.424. The molecule has 2 fully saturated rings. The van der Waals surface area contributed by atoms with Crippen LogP contribution in [-0.2, 0) is 17.6 Å². The van der Waals surface area contributed by atoms with Gasteiger partial charge in [0, 0.05) is 57.9 Å². The molecule has 1 saturated heterocycles. The number of nitrogens with one attached hydrogen (secondary N) is 3. The molecule has 1 aromatic rings. The van der Waals surface area contributed by atoms with Crippen molar-refractivity contribution in [1.82, 2.24) is 25.5 Å². The van der Waals surface area contributed by atoms with Gasteiger partial charge in [-0.3, -0.25) is 4.90 Å². The maximum absolute atomic E-state index is 5.53. The van der Waals surface area contributed by atoms with Gasteiger partial charge in [0.1, 0.15) is 5.82 Å². The van der Waals surface area contributed by atoms with Crippen LogP contribution in [-0.4, -0.2) is 85.6 Å². The molecule has 9 heteroatoms. The van der Waals surface area contributed by atoms with Crippen LogP contribution < -0.4 is 20.9 Å². The second kappa shape index (κ2) is 11.4. The smallest absolute Gasteiger partial charge is 0.225 e. The zero-order chi connectivity index (χ0) is 22.3. The number of hydrogen-bond acceptors (Lipinski definition) is 7. The minimum atomic E-state index is 0.424. The van der Waals surface area contributed by atoms with E-state index in [2.05, 4.69) is 39.8 Å². The fourth-order valence-electron chi connectivity index (χ4n) is 4.96. The topological polar surface area (TPSA) is 77.6 Å². The summed E-state index contributed by atoms with van der Waals surface area (Å²) in [7, 11) is 4.16. The lowest BCUT2D eigenvalue weighted by atomic mass is 9.91. The summed E-state index contributed by atoms with van der Waals surface area (Å²) in [6.45, 7) is 5.61. The molecule has 4 rings (SSSR count). The third-order valence-corrected chi connectivity index (χ3v) is 7.06. The summed E-state index contributed by atoms with van der Waals surface area (Å²) in [5.74, 6) is 1.88. The molecule has 1 saturated carbocycles. The summed E-state index contributed by atoms with van der Waals surface area (Å²) in [5, 5.41) is 11.3. The molecule has 1 aliphatic heterocycles. The van der Waals surface area contributed by atoms with E-state index in [0.29, 0.717) is 12.1 Å². The SMILES string of the molecule is CN(C)c1nc(N[C@H]2CC[C@@H](NC(=S)NCCN3CCOCC3)CC2)nc2c1CCCC2. The van der Waals surface area contributed by atoms with Gasteiger partial charge in [-0.1, -0.05) is 0 Å². The Morgan fingerprint density at radius 3 is 2.53 bits per heavy atom. The predicted molar refractivity (Wildman–Crippen MR) is 134 cm³/mol. The summed E-state index contributed by atoms with van der Waals surface area (Å²) in [4.78, 5) is 14.3. The van der Waals surface area contributed by atoms with Crippen LogP contribution in [0.2, 0.25) is 0 Å². The molecule has 0 aromatic carbocycles. The Kier molecular flexibility index (Phi) is 8.37. The monoisotopic (exact) mass is 461 g/mol. The van der Waals surface area contributed by atoms with Crippen LogP contribution in [0.5, 0.6) is 0 Å². The molecule has 3 N–H and O–H groups in total. The van der Waals surface area contributed by atoms with E-state index in [1.165, 1.54) is 24.1 Å². The zero-order valence-electron chi connectivity index (χ0n) is 19.7. The molecule has 1 aromatic heterocycles. The first-order chi connectivity index (χ1) is 15.6. The number of nitrogens with zero attached hydrogens (tertiary/aromatic N) is 4. The molecular formula is C23H39N7OS. The van der Waals surface area contributed by atoms with Crippen LogP contribution >= 0.6 is 12.2 Å². The number of aromatic nitrogens is 2. The Balaban J connectivity index is 1.20. The van der Waals surface area contributed by atoms with Crippen molar-refractivity contribution in [2.75, 3.05) is 63.7 Å². The molecule has 178 valence electrons. The number of anilines is 2. The summed E-state index contributed by atoms with van der Waals surface area (Å²) in [6.07, 6.45) is 9.05. The van der Waals surface area contributed by atoms with Crippen LogP contribution in [0, 0.1) is 0 Å². The third-order valence-electron chi connectivity index (χ3n) is 6.80. The van der Waals surface area contributed by atoms with E-state index in [1.54, 1.807) is 0 Å². The zero-order valence-corrected chi connectivity index (χ0v) is 20.5. The molecule has 3 aliphatic rings. The molecule has 0 atom stereocenters. The molecule has 0 unspecified atom stereocenters. The summed E-state index contributed by atoms with van der Waals surface area (Å²) < 4.78 is 5.40. The lowest BCUT2D eigenvalue weighted by Crippen LogP contribution is -2.47. The molecule has 32 heavy (non-hydrogen) atoms. The molecular weight excluding hydrogens is 422 g/mol. The van der Waals surface area contributed by atoms with Gasteiger partial charge in [-0.25, -0.2) is 4.98 Å². The van der Waals surface area contributed by atoms with Crippen molar-refractivity contribution in [3.05, 3.63) is 11.3 Å². The van der Waals surface area contributed by atoms with Crippen molar-refractivity contribution < 1.29 is 4.74 Å². The maximum atomic E-state index is 5.53. The second-order valence-electron chi connectivity index (χ2n) is 9.44. The van der Waals surface area contributed by atoms with Gasteiger partial charge in [0.15, 0.2) is 5.11 Å². The molecule has 0 bridgehead atoms. The Labute approximate surface area is 197 Å².